The first-order valence-corrected chi connectivity index (χ1v) is 7.01. The summed E-state index contributed by atoms with van der Waals surface area (Å²) in [7, 11) is 1.52. The zero-order valence-electron chi connectivity index (χ0n) is 11.6. The molecule has 0 heterocycles. The molecule has 0 aliphatic heterocycles. The number of hydrogen-bond donors (Lipinski definition) is 0. The summed E-state index contributed by atoms with van der Waals surface area (Å²) in [5, 5.41) is 10.8. The van der Waals surface area contributed by atoms with Crippen molar-refractivity contribution in [3.63, 3.8) is 0 Å². The lowest BCUT2D eigenvalue weighted by Crippen LogP contribution is -2.00. The molecular formula is C15H14BrNO4. The number of rotatable bonds is 5. The van der Waals surface area contributed by atoms with Gasteiger partial charge in [-0.15, -0.1) is 0 Å². The first-order valence-electron chi connectivity index (χ1n) is 6.21. The minimum Gasteiger partial charge on any atom is -0.496 e. The lowest BCUT2D eigenvalue weighted by Gasteiger charge is -2.11. The smallest absolute Gasteiger partial charge is 0.270 e. The van der Waals surface area contributed by atoms with Crippen molar-refractivity contribution in [1.29, 1.82) is 0 Å². The molecule has 0 unspecified atom stereocenters. The molecule has 2 rings (SSSR count). The maximum Gasteiger partial charge on any atom is 0.270 e. The molecule has 0 saturated carbocycles. The van der Waals surface area contributed by atoms with Crippen molar-refractivity contribution in [3.05, 3.63) is 62.1 Å². The van der Waals surface area contributed by atoms with Crippen LogP contribution >= 0.6 is 15.9 Å². The minimum atomic E-state index is -0.438. The maximum absolute atomic E-state index is 10.8. The molecule has 0 amide bonds. The Morgan fingerprint density at radius 3 is 2.62 bits per heavy atom. The second-order valence-electron chi connectivity index (χ2n) is 4.45. The predicted octanol–water partition coefficient (Wildman–Crippen LogP) is 4.25. The summed E-state index contributed by atoms with van der Waals surface area (Å²) in [5.41, 5.74) is 1.70. The van der Waals surface area contributed by atoms with Gasteiger partial charge in [-0.1, -0.05) is 15.9 Å². The van der Waals surface area contributed by atoms with Gasteiger partial charge in [0.1, 0.15) is 18.1 Å². The van der Waals surface area contributed by atoms with Crippen molar-refractivity contribution >= 4 is 21.6 Å². The van der Waals surface area contributed by atoms with E-state index in [1.165, 1.54) is 19.2 Å². The highest BCUT2D eigenvalue weighted by Crippen LogP contribution is 2.27. The monoisotopic (exact) mass is 351 g/mol. The lowest BCUT2D eigenvalue weighted by molar-refractivity contribution is -0.385. The number of nitro benzene ring substituents is 1. The van der Waals surface area contributed by atoms with E-state index in [4.69, 9.17) is 9.47 Å². The van der Waals surface area contributed by atoms with Crippen LogP contribution in [0.15, 0.2) is 40.9 Å². The number of methoxy groups -OCH3 is 1. The third-order valence-corrected chi connectivity index (χ3v) is 3.89. The molecule has 2 aromatic carbocycles. The van der Waals surface area contributed by atoms with Gasteiger partial charge in [0.05, 0.1) is 12.0 Å². The minimum absolute atomic E-state index is 0.0152. The van der Waals surface area contributed by atoms with Gasteiger partial charge in [0.25, 0.3) is 5.69 Å². The Balaban J connectivity index is 2.19. The van der Waals surface area contributed by atoms with Gasteiger partial charge in [0.2, 0.25) is 0 Å². The Labute approximate surface area is 130 Å². The molecule has 0 aliphatic rings. The zero-order chi connectivity index (χ0) is 15.4. The topological polar surface area (TPSA) is 61.6 Å². The van der Waals surface area contributed by atoms with E-state index in [2.05, 4.69) is 15.9 Å². The van der Waals surface area contributed by atoms with E-state index >= 15 is 0 Å². The largest absolute Gasteiger partial charge is 0.496 e. The average Bonchev–Trinajstić information content (AvgIpc) is 2.48. The van der Waals surface area contributed by atoms with Crippen LogP contribution < -0.4 is 9.47 Å². The van der Waals surface area contributed by atoms with E-state index in [9.17, 15) is 10.1 Å². The number of aryl methyl sites for hydroxylation is 1. The number of nitro groups is 1. The quantitative estimate of drug-likeness (QED) is 0.596. The summed E-state index contributed by atoms with van der Waals surface area (Å²) in [4.78, 5) is 10.4. The summed E-state index contributed by atoms with van der Waals surface area (Å²) in [6.45, 7) is 2.16. The van der Waals surface area contributed by atoms with Crippen LogP contribution in [0.2, 0.25) is 0 Å². The number of benzene rings is 2. The van der Waals surface area contributed by atoms with E-state index in [-0.39, 0.29) is 12.3 Å². The summed E-state index contributed by atoms with van der Waals surface area (Å²) in [6, 6.07) is 10.1. The fraction of sp³-hybridized carbons (Fsp3) is 0.200. The molecule has 0 atom stereocenters. The van der Waals surface area contributed by atoms with E-state index in [1.807, 2.05) is 25.1 Å². The molecule has 0 N–H and O–H groups in total. The fourth-order valence-corrected chi connectivity index (χ4v) is 2.11. The van der Waals surface area contributed by atoms with Crippen molar-refractivity contribution in [2.75, 3.05) is 7.11 Å². The molecule has 5 nitrogen and oxygen atoms in total. The van der Waals surface area contributed by atoms with Crippen molar-refractivity contribution in [2.24, 2.45) is 0 Å². The molecule has 0 saturated heterocycles. The number of halogens is 1. The Bertz CT molecular complexity index is 673. The molecule has 110 valence electrons. The summed E-state index contributed by atoms with van der Waals surface area (Å²) in [6.07, 6.45) is 0. The highest BCUT2D eigenvalue weighted by Gasteiger charge is 2.12. The second kappa shape index (κ2) is 6.58. The van der Waals surface area contributed by atoms with Gasteiger partial charge in [-0.25, -0.2) is 0 Å². The lowest BCUT2D eigenvalue weighted by atomic mass is 10.2. The molecule has 2 aromatic rings. The zero-order valence-corrected chi connectivity index (χ0v) is 13.2. The molecule has 0 aromatic heterocycles. The molecule has 0 fully saturated rings. The Kier molecular flexibility index (Phi) is 4.80. The van der Waals surface area contributed by atoms with E-state index in [0.29, 0.717) is 17.1 Å². The third-order valence-electron chi connectivity index (χ3n) is 3.00. The molecule has 0 spiro atoms. The van der Waals surface area contributed by atoms with Crippen molar-refractivity contribution < 1.29 is 14.4 Å². The van der Waals surface area contributed by atoms with Gasteiger partial charge in [-0.3, -0.25) is 10.1 Å². The van der Waals surface area contributed by atoms with E-state index in [0.717, 1.165) is 10.0 Å². The number of nitrogens with zero attached hydrogens (tertiary/aromatic N) is 1. The highest BCUT2D eigenvalue weighted by molar-refractivity contribution is 9.10. The van der Waals surface area contributed by atoms with Gasteiger partial charge < -0.3 is 9.47 Å². The normalized spacial score (nSPS) is 10.2. The molecule has 0 radical (unpaired) electrons. The van der Waals surface area contributed by atoms with Crippen LogP contribution in [-0.2, 0) is 6.61 Å². The van der Waals surface area contributed by atoms with Crippen molar-refractivity contribution in [2.45, 2.75) is 13.5 Å². The number of non-ortho nitro benzene ring substituents is 1. The second-order valence-corrected chi connectivity index (χ2v) is 5.31. The van der Waals surface area contributed by atoms with Gasteiger partial charge in [0, 0.05) is 22.2 Å². The van der Waals surface area contributed by atoms with Gasteiger partial charge >= 0.3 is 0 Å². The Morgan fingerprint density at radius 1 is 1.24 bits per heavy atom. The predicted molar refractivity (Wildman–Crippen MR) is 82.9 cm³/mol. The van der Waals surface area contributed by atoms with E-state index < -0.39 is 4.92 Å². The summed E-state index contributed by atoms with van der Waals surface area (Å²) >= 11 is 3.42. The van der Waals surface area contributed by atoms with Crippen LogP contribution in [0.4, 0.5) is 5.69 Å². The molecule has 6 heteroatoms. The van der Waals surface area contributed by atoms with Crippen LogP contribution in [0, 0.1) is 17.0 Å². The van der Waals surface area contributed by atoms with Gasteiger partial charge in [-0.2, -0.15) is 0 Å². The summed E-state index contributed by atoms with van der Waals surface area (Å²) in [5.74, 6) is 1.26. The third kappa shape index (κ3) is 3.72. The molecule has 21 heavy (non-hydrogen) atoms. The summed E-state index contributed by atoms with van der Waals surface area (Å²) < 4.78 is 11.9. The SMILES string of the molecule is COc1ccc([N+](=O)[O-])cc1COc1ccc(Br)c(C)c1. The fourth-order valence-electron chi connectivity index (χ4n) is 1.86. The standard InChI is InChI=1S/C15H14BrNO4/c1-10-7-13(4-5-14(10)16)21-9-11-8-12(17(18)19)3-6-15(11)20-2/h3-8H,9H2,1-2H3. The number of ether oxygens (including phenoxy) is 2. The molecular weight excluding hydrogens is 338 g/mol. The number of hydrogen-bond acceptors (Lipinski definition) is 4. The van der Waals surface area contributed by atoms with E-state index in [1.54, 1.807) is 6.07 Å². The first-order chi connectivity index (χ1) is 10.0. The van der Waals surface area contributed by atoms with Crippen LogP contribution in [0.25, 0.3) is 0 Å². The van der Waals surface area contributed by atoms with Crippen molar-refractivity contribution in [3.8, 4) is 11.5 Å². The Morgan fingerprint density at radius 2 is 2.00 bits per heavy atom. The van der Waals surface area contributed by atoms with Crippen LogP contribution in [0.5, 0.6) is 11.5 Å². The van der Waals surface area contributed by atoms with Gasteiger partial charge in [0.15, 0.2) is 0 Å². The van der Waals surface area contributed by atoms with Crippen LogP contribution in [0.3, 0.4) is 0 Å². The van der Waals surface area contributed by atoms with Crippen LogP contribution in [0.1, 0.15) is 11.1 Å². The molecule has 0 aliphatic carbocycles. The molecule has 0 bridgehead atoms. The average molecular weight is 352 g/mol. The van der Waals surface area contributed by atoms with Crippen LogP contribution in [-0.4, -0.2) is 12.0 Å². The highest BCUT2D eigenvalue weighted by atomic mass is 79.9. The Hall–Kier alpha value is -2.08. The van der Waals surface area contributed by atoms with Crippen molar-refractivity contribution in [1.82, 2.24) is 0 Å². The van der Waals surface area contributed by atoms with Gasteiger partial charge in [-0.05, 0) is 36.8 Å². The first kappa shape index (κ1) is 15.3. The maximum atomic E-state index is 10.8.